The summed E-state index contributed by atoms with van der Waals surface area (Å²) >= 11 is 0. The Bertz CT molecular complexity index is 632. The SMILES string of the molecule is COc1ccc(C)cc1C(C)NC(=O)NCCCNS(C)(=O)=O. The highest BCUT2D eigenvalue weighted by atomic mass is 32.2. The van der Waals surface area contributed by atoms with Gasteiger partial charge in [-0.25, -0.2) is 17.9 Å². The Morgan fingerprint density at radius 3 is 2.61 bits per heavy atom. The third kappa shape index (κ3) is 7.34. The van der Waals surface area contributed by atoms with Gasteiger partial charge in [0.25, 0.3) is 0 Å². The second-order valence-corrected chi connectivity index (χ2v) is 7.22. The molecule has 0 radical (unpaired) electrons. The van der Waals surface area contributed by atoms with Crippen LogP contribution in [0.4, 0.5) is 4.79 Å². The fourth-order valence-corrected chi connectivity index (χ4v) is 2.58. The van der Waals surface area contributed by atoms with E-state index in [9.17, 15) is 13.2 Å². The minimum absolute atomic E-state index is 0.209. The first kappa shape index (κ1) is 19.2. The van der Waals surface area contributed by atoms with Gasteiger partial charge in [0.05, 0.1) is 19.4 Å². The van der Waals surface area contributed by atoms with Crippen molar-refractivity contribution in [2.24, 2.45) is 0 Å². The van der Waals surface area contributed by atoms with Crippen LogP contribution in [-0.4, -0.2) is 40.9 Å². The third-order valence-electron chi connectivity index (χ3n) is 3.20. The van der Waals surface area contributed by atoms with Crippen LogP contribution in [0, 0.1) is 6.92 Å². The lowest BCUT2D eigenvalue weighted by Crippen LogP contribution is -2.38. The van der Waals surface area contributed by atoms with Crippen molar-refractivity contribution in [2.45, 2.75) is 26.3 Å². The number of hydrogen-bond acceptors (Lipinski definition) is 4. The number of sulfonamides is 1. The van der Waals surface area contributed by atoms with E-state index in [1.54, 1.807) is 7.11 Å². The summed E-state index contributed by atoms with van der Waals surface area (Å²) in [5.41, 5.74) is 1.99. The van der Waals surface area contributed by atoms with E-state index in [1.807, 2.05) is 32.0 Å². The van der Waals surface area contributed by atoms with Gasteiger partial charge in [0, 0.05) is 18.7 Å². The van der Waals surface area contributed by atoms with Gasteiger partial charge < -0.3 is 15.4 Å². The third-order valence-corrected chi connectivity index (χ3v) is 3.93. The zero-order valence-corrected chi connectivity index (χ0v) is 14.8. The summed E-state index contributed by atoms with van der Waals surface area (Å²) in [5, 5.41) is 5.53. The number of carbonyl (C=O) groups is 1. The molecule has 8 heteroatoms. The number of methoxy groups -OCH3 is 1. The number of benzene rings is 1. The molecule has 1 atom stereocenters. The largest absolute Gasteiger partial charge is 0.496 e. The van der Waals surface area contributed by atoms with Gasteiger partial charge in [-0.1, -0.05) is 17.7 Å². The van der Waals surface area contributed by atoms with E-state index in [0.29, 0.717) is 19.5 Å². The lowest BCUT2D eigenvalue weighted by molar-refractivity contribution is 0.237. The highest BCUT2D eigenvalue weighted by molar-refractivity contribution is 7.88. The molecule has 7 nitrogen and oxygen atoms in total. The molecule has 0 aliphatic heterocycles. The van der Waals surface area contributed by atoms with Gasteiger partial charge in [-0.15, -0.1) is 0 Å². The summed E-state index contributed by atoms with van der Waals surface area (Å²) in [6.45, 7) is 4.53. The molecule has 1 rings (SSSR count). The highest BCUT2D eigenvalue weighted by Gasteiger charge is 2.14. The van der Waals surface area contributed by atoms with Crippen molar-refractivity contribution in [2.75, 3.05) is 26.5 Å². The Morgan fingerprint density at radius 2 is 2.00 bits per heavy atom. The summed E-state index contributed by atoms with van der Waals surface area (Å²) in [4.78, 5) is 11.9. The normalized spacial score (nSPS) is 12.5. The van der Waals surface area contributed by atoms with Crippen molar-refractivity contribution in [1.29, 1.82) is 0 Å². The van der Waals surface area contributed by atoms with Gasteiger partial charge in [-0.3, -0.25) is 0 Å². The molecule has 0 fully saturated rings. The number of urea groups is 1. The maximum atomic E-state index is 11.9. The van der Waals surface area contributed by atoms with Crippen molar-refractivity contribution in [3.05, 3.63) is 29.3 Å². The fraction of sp³-hybridized carbons (Fsp3) is 0.533. The molecule has 1 aromatic carbocycles. The summed E-state index contributed by atoms with van der Waals surface area (Å²) in [6, 6.07) is 5.28. The second-order valence-electron chi connectivity index (χ2n) is 5.39. The summed E-state index contributed by atoms with van der Waals surface area (Å²) in [7, 11) is -1.59. The van der Waals surface area contributed by atoms with Crippen LogP contribution >= 0.6 is 0 Å². The molecule has 0 heterocycles. The number of hydrogen-bond donors (Lipinski definition) is 3. The zero-order valence-electron chi connectivity index (χ0n) is 14.0. The minimum atomic E-state index is -3.18. The first-order valence-electron chi connectivity index (χ1n) is 7.36. The maximum Gasteiger partial charge on any atom is 0.315 e. The Labute approximate surface area is 137 Å². The van der Waals surface area contributed by atoms with Crippen LogP contribution in [-0.2, 0) is 10.0 Å². The molecular weight excluding hydrogens is 318 g/mol. The van der Waals surface area contributed by atoms with Gasteiger partial charge in [0.2, 0.25) is 10.0 Å². The Morgan fingerprint density at radius 1 is 1.30 bits per heavy atom. The molecule has 0 saturated carbocycles. The smallest absolute Gasteiger partial charge is 0.315 e. The molecule has 0 saturated heterocycles. The molecule has 0 aromatic heterocycles. The van der Waals surface area contributed by atoms with Gasteiger partial charge in [0.15, 0.2) is 0 Å². The van der Waals surface area contributed by atoms with Gasteiger partial charge >= 0.3 is 6.03 Å². The van der Waals surface area contributed by atoms with Crippen LogP contribution in [0.15, 0.2) is 18.2 Å². The molecular formula is C15H25N3O4S. The topological polar surface area (TPSA) is 96.5 Å². The number of rotatable bonds is 8. The number of carbonyl (C=O) groups excluding carboxylic acids is 1. The van der Waals surface area contributed by atoms with E-state index < -0.39 is 10.0 Å². The Kier molecular flexibility index (Phi) is 7.31. The minimum Gasteiger partial charge on any atom is -0.496 e. The lowest BCUT2D eigenvalue weighted by Gasteiger charge is -2.18. The predicted octanol–water partition coefficient (Wildman–Crippen LogP) is 1.30. The fourth-order valence-electron chi connectivity index (χ4n) is 2.07. The first-order chi connectivity index (χ1) is 10.7. The van der Waals surface area contributed by atoms with Gasteiger partial charge in [-0.2, -0.15) is 0 Å². The summed E-state index contributed by atoms with van der Waals surface area (Å²) in [6.07, 6.45) is 1.62. The van der Waals surface area contributed by atoms with E-state index in [2.05, 4.69) is 15.4 Å². The first-order valence-corrected chi connectivity index (χ1v) is 9.25. The number of aryl methyl sites for hydroxylation is 1. The van der Waals surface area contributed by atoms with Crippen LogP contribution in [0.5, 0.6) is 5.75 Å². The average molecular weight is 343 g/mol. The molecule has 1 unspecified atom stereocenters. The Balaban J connectivity index is 2.44. The molecule has 130 valence electrons. The second kappa shape index (κ2) is 8.73. The van der Waals surface area contributed by atoms with Crippen LogP contribution in [0.25, 0.3) is 0 Å². The lowest BCUT2D eigenvalue weighted by atomic mass is 10.0. The average Bonchev–Trinajstić information content (AvgIpc) is 2.45. The zero-order chi connectivity index (χ0) is 17.5. The van der Waals surface area contributed by atoms with Crippen LogP contribution < -0.4 is 20.1 Å². The number of nitrogens with one attached hydrogen (secondary N) is 3. The Hall–Kier alpha value is -1.80. The van der Waals surface area contributed by atoms with Crippen molar-refractivity contribution in [3.8, 4) is 5.75 Å². The van der Waals surface area contributed by atoms with Crippen molar-refractivity contribution in [3.63, 3.8) is 0 Å². The van der Waals surface area contributed by atoms with Crippen LogP contribution in [0.1, 0.15) is 30.5 Å². The van der Waals surface area contributed by atoms with Crippen LogP contribution in [0.3, 0.4) is 0 Å². The standard InChI is InChI=1S/C15H25N3O4S/c1-11-6-7-14(22-3)13(10-11)12(2)18-15(19)16-8-5-9-17-23(4,20)21/h6-7,10,12,17H,5,8-9H2,1-4H3,(H2,16,18,19). The summed E-state index contributed by atoms with van der Waals surface area (Å²) < 4.78 is 29.5. The molecule has 2 amide bonds. The summed E-state index contributed by atoms with van der Waals surface area (Å²) in [5.74, 6) is 0.723. The molecule has 3 N–H and O–H groups in total. The van der Waals surface area contributed by atoms with Gasteiger partial charge in [0.1, 0.15) is 5.75 Å². The van der Waals surface area contributed by atoms with Crippen molar-refractivity contribution in [1.82, 2.24) is 15.4 Å². The molecule has 0 aliphatic rings. The number of ether oxygens (including phenoxy) is 1. The van der Waals surface area contributed by atoms with Crippen molar-refractivity contribution < 1.29 is 17.9 Å². The van der Waals surface area contributed by atoms with E-state index in [4.69, 9.17) is 4.74 Å². The van der Waals surface area contributed by atoms with E-state index in [1.165, 1.54) is 0 Å². The van der Waals surface area contributed by atoms with Crippen LogP contribution in [0.2, 0.25) is 0 Å². The molecule has 0 aliphatic carbocycles. The molecule has 0 bridgehead atoms. The van der Waals surface area contributed by atoms with Crippen molar-refractivity contribution >= 4 is 16.1 Å². The maximum absolute atomic E-state index is 11.9. The molecule has 1 aromatic rings. The van der Waals surface area contributed by atoms with E-state index >= 15 is 0 Å². The van der Waals surface area contributed by atoms with E-state index in [-0.39, 0.29) is 12.1 Å². The van der Waals surface area contributed by atoms with E-state index in [0.717, 1.165) is 23.1 Å². The highest BCUT2D eigenvalue weighted by Crippen LogP contribution is 2.25. The quantitative estimate of drug-likeness (QED) is 0.620. The molecule has 23 heavy (non-hydrogen) atoms. The van der Waals surface area contributed by atoms with Gasteiger partial charge in [-0.05, 0) is 26.3 Å². The molecule has 0 spiro atoms. The number of amides is 2. The monoisotopic (exact) mass is 343 g/mol. The predicted molar refractivity (Wildman–Crippen MR) is 90.1 cm³/mol.